The zero-order valence-electron chi connectivity index (χ0n) is 17.1. The highest BCUT2D eigenvalue weighted by atomic mass is 31.2. The van der Waals surface area contributed by atoms with E-state index in [-0.39, 0.29) is 32.6 Å². The van der Waals surface area contributed by atoms with Crippen LogP contribution >= 0.6 is 7.82 Å². The third kappa shape index (κ3) is 16.0. The van der Waals surface area contributed by atoms with Crippen molar-refractivity contribution in [3.05, 3.63) is 0 Å². The molecule has 0 saturated heterocycles. The van der Waals surface area contributed by atoms with Crippen LogP contribution < -0.4 is 5.73 Å². The van der Waals surface area contributed by atoms with Gasteiger partial charge in [0.25, 0.3) is 0 Å². The van der Waals surface area contributed by atoms with Crippen LogP contribution in [0.4, 0.5) is 0 Å². The Hall–Kier alpha value is -0.990. The van der Waals surface area contributed by atoms with Crippen LogP contribution in [0.5, 0.6) is 0 Å². The number of unbranched alkanes of at least 4 members (excludes halogenated alkanes) is 5. The van der Waals surface area contributed by atoms with Gasteiger partial charge in [-0.15, -0.1) is 0 Å². The van der Waals surface area contributed by atoms with Gasteiger partial charge in [-0.3, -0.25) is 18.6 Å². The van der Waals surface area contributed by atoms with E-state index >= 15 is 0 Å². The lowest BCUT2D eigenvalue weighted by Gasteiger charge is -2.19. The topological polar surface area (TPSA) is 134 Å². The summed E-state index contributed by atoms with van der Waals surface area (Å²) in [6, 6.07) is 0. The highest BCUT2D eigenvalue weighted by molar-refractivity contribution is 7.47. The first-order valence-electron chi connectivity index (χ1n) is 10.0. The Labute approximate surface area is 167 Å². The van der Waals surface area contributed by atoms with Gasteiger partial charge in [-0.1, -0.05) is 46.0 Å². The predicted octanol–water partition coefficient (Wildman–Crippen LogP) is 3.08. The zero-order valence-corrected chi connectivity index (χ0v) is 18.0. The van der Waals surface area contributed by atoms with Gasteiger partial charge in [0.15, 0.2) is 6.10 Å². The molecule has 166 valence electrons. The van der Waals surface area contributed by atoms with Crippen molar-refractivity contribution in [2.45, 2.75) is 77.7 Å². The van der Waals surface area contributed by atoms with Crippen molar-refractivity contribution in [1.82, 2.24) is 0 Å². The van der Waals surface area contributed by atoms with Gasteiger partial charge in [0.2, 0.25) is 0 Å². The van der Waals surface area contributed by atoms with Crippen LogP contribution in [-0.4, -0.2) is 49.3 Å². The van der Waals surface area contributed by atoms with Gasteiger partial charge in [-0.25, -0.2) is 4.57 Å². The quantitative estimate of drug-likeness (QED) is 0.193. The summed E-state index contributed by atoms with van der Waals surface area (Å²) in [6.45, 7) is 3.29. The molecule has 0 amide bonds. The standard InChI is InChI=1S/C18H36NO8P/c1-3-5-7-8-9-11-18(21)27-16(14-24-17(20)10-6-4-2)15-26-28(22,23)25-13-12-19/h16H,3-15,19H2,1-2H3,(H,22,23)/t16-/m1/s1. The summed E-state index contributed by atoms with van der Waals surface area (Å²) < 4.78 is 31.5. The summed E-state index contributed by atoms with van der Waals surface area (Å²) in [6.07, 6.45) is 5.94. The Morgan fingerprint density at radius 3 is 2.21 bits per heavy atom. The molecule has 0 heterocycles. The van der Waals surface area contributed by atoms with Gasteiger partial charge in [0.1, 0.15) is 6.61 Å². The molecule has 3 N–H and O–H groups in total. The lowest BCUT2D eigenvalue weighted by atomic mass is 10.1. The van der Waals surface area contributed by atoms with Crippen LogP contribution in [0.15, 0.2) is 0 Å². The van der Waals surface area contributed by atoms with Crippen LogP contribution in [0, 0.1) is 0 Å². The second kappa shape index (κ2) is 16.9. The summed E-state index contributed by atoms with van der Waals surface area (Å²) >= 11 is 0. The summed E-state index contributed by atoms with van der Waals surface area (Å²) in [5.74, 6) is -0.889. The number of phosphoric acid groups is 1. The molecule has 0 saturated carbocycles. The Balaban J connectivity index is 4.50. The summed E-state index contributed by atoms with van der Waals surface area (Å²) in [5, 5.41) is 0. The highest BCUT2D eigenvalue weighted by Crippen LogP contribution is 2.43. The Kier molecular flexibility index (Phi) is 16.3. The number of rotatable bonds is 18. The normalized spacial score (nSPS) is 14.3. The molecule has 0 radical (unpaired) electrons. The van der Waals surface area contributed by atoms with E-state index in [1.165, 1.54) is 0 Å². The van der Waals surface area contributed by atoms with Crippen LogP contribution in [-0.2, 0) is 32.7 Å². The molecule has 0 aliphatic heterocycles. The third-order valence-corrected chi connectivity index (χ3v) is 4.73. The minimum Gasteiger partial charge on any atom is -0.462 e. The first-order chi connectivity index (χ1) is 13.3. The average molecular weight is 425 g/mol. The molecule has 0 rings (SSSR count). The van der Waals surface area contributed by atoms with E-state index in [1.807, 2.05) is 6.92 Å². The summed E-state index contributed by atoms with van der Waals surface area (Å²) in [7, 11) is -4.32. The maximum atomic E-state index is 12.0. The number of ether oxygens (including phenoxy) is 2. The number of hydrogen-bond donors (Lipinski definition) is 2. The van der Waals surface area contributed by atoms with Gasteiger partial charge in [0.05, 0.1) is 13.2 Å². The van der Waals surface area contributed by atoms with Gasteiger partial charge < -0.3 is 20.1 Å². The number of carbonyl (C=O) groups is 2. The minimum atomic E-state index is -4.32. The van der Waals surface area contributed by atoms with Gasteiger partial charge in [0, 0.05) is 19.4 Å². The number of carbonyl (C=O) groups excluding carboxylic acids is 2. The molecule has 1 unspecified atom stereocenters. The van der Waals surface area contributed by atoms with E-state index in [1.54, 1.807) is 0 Å². The van der Waals surface area contributed by atoms with E-state index in [0.717, 1.165) is 32.1 Å². The molecule has 10 heteroatoms. The van der Waals surface area contributed by atoms with Gasteiger partial charge in [-0.2, -0.15) is 0 Å². The molecule has 0 aromatic carbocycles. The average Bonchev–Trinajstić information content (AvgIpc) is 2.66. The molecule has 0 spiro atoms. The van der Waals surface area contributed by atoms with E-state index in [9.17, 15) is 19.0 Å². The lowest BCUT2D eigenvalue weighted by molar-refractivity contribution is -0.161. The molecule has 0 fully saturated rings. The number of hydrogen-bond acceptors (Lipinski definition) is 8. The second-order valence-corrected chi connectivity index (χ2v) is 7.90. The summed E-state index contributed by atoms with van der Waals surface area (Å²) in [4.78, 5) is 33.2. The molecule has 0 aliphatic carbocycles. The molecule has 0 aliphatic rings. The maximum absolute atomic E-state index is 12.0. The fourth-order valence-corrected chi connectivity index (χ4v) is 2.96. The van der Waals surface area contributed by atoms with Crippen LogP contribution in [0.2, 0.25) is 0 Å². The predicted molar refractivity (Wildman–Crippen MR) is 105 cm³/mol. The molecular weight excluding hydrogens is 389 g/mol. The van der Waals surface area contributed by atoms with Crippen molar-refractivity contribution >= 4 is 19.8 Å². The van der Waals surface area contributed by atoms with E-state index in [0.29, 0.717) is 12.8 Å². The first kappa shape index (κ1) is 27.0. The van der Waals surface area contributed by atoms with Gasteiger partial charge >= 0.3 is 19.8 Å². The largest absolute Gasteiger partial charge is 0.472 e. The molecule has 0 aromatic rings. The van der Waals surface area contributed by atoms with Gasteiger partial charge in [-0.05, 0) is 12.8 Å². The summed E-state index contributed by atoms with van der Waals surface area (Å²) in [5.41, 5.74) is 5.22. The minimum absolute atomic E-state index is 0.0550. The van der Waals surface area contributed by atoms with Crippen LogP contribution in [0.3, 0.4) is 0 Å². The molecule has 0 bridgehead atoms. The van der Waals surface area contributed by atoms with Crippen molar-refractivity contribution in [3.63, 3.8) is 0 Å². The zero-order chi connectivity index (χ0) is 21.3. The lowest BCUT2D eigenvalue weighted by Crippen LogP contribution is -2.29. The number of esters is 2. The van der Waals surface area contributed by atoms with Crippen molar-refractivity contribution in [3.8, 4) is 0 Å². The second-order valence-electron chi connectivity index (χ2n) is 6.45. The van der Waals surface area contributed by atoms with Crippen LogP contribution in [0.1, 0.15) is 71.6 Å². The van der Waals surface area contributed by atoms with Crippen molar-refractivity contribution in [2.24, 2.45) is 5.73 Å². The molecule has 0 aromatic heterocycles. The number of phosphoric ester groups is 1. The van der Waals surface area contributed by atoms with Crippen molar-refractivity contribution < 1.29 is 37.6 Å². The smallest absolute Gasteiger partial charge is 0.462 e. The fraction of sp³-hybridized carbons (Fsp3) is 0.889. The van der Waals surface area contributed by atoms with Crippen molar-refractivity contribution in [2.75, 3.05) is 26.4 Å². The van der Waals surface area contributed by atoms with Crippen molar-refractivity contribution in [1.29, 1.82) is 0 Å². The monoisotopic (exact) mass is 425 g/mol. The van der Waals surface area contributed by atoms with Crippen LogP contribution in [0.25, 0.3) is 0 Å². The Bertz CT molecular complexity index is 475. The maximum Gasteiger partial charge on any atom is 0.472 e. The van der Waals surface area contributed by atoms with E-state index in [4.69, 9.17) is 19.7 Å². The molecule has 2 atom stereocenters. The van der Waals surface area contributed by atoms with E-state index < -0.39 is 32.5 Å². The Morgan fingerprint density at radius 2 is 1.57 bits per heavy atom. The number of nitrogens with two attached hydrogens (primary N) is 1. The molecule has 28 heavy (non-hydrogen) atoms. The SMILES string of the molecule is CCCCCCCC(=O)O[C@H](COC(=O)CCCC)COP(=O)(O)OCCN. The fourth-order valence-electron chi connectivity index (χ4n) is 2.20. The highest BCUT2D eigenvalue weighted by Gasteiger charge is 2.25. The third-order valence-electron chi connectivity index (χ3n) is 3.74. The van der Waals surface area contributed by atoms with E-state index in [2.05, 4.69) is 11.4 Å². The molecular formula is C18H36NO8P. The molecule has 9 nitrogen and oxygen atoms in total. The first-order valence-corrected chi connectivity index (χ1v) is 11.5. The Morgan fingerprint density at radius 1 is 0.929 bits per heavy atom.